The van der Waals surface area contributed by atoms with Gasteiger partial charge in [0.25, 0.3) is 0 Å². The number of anilines is 1. The highest BCUT2D eigenvalue weighted by molar-refractivity contribution is 6.34. The van der Waals surface area contributed by atoms with Gasteiger partial charge in [0, 0.05) is 22.4 Å². The number of halogens is 1. The summed E-state index contributed by atoms with van der Waals surface area (Å²) >= 11 is 6.78. The molecule has 0 atom stereocenters. The molecule has 1 amide bonds. The molecule has 1 aliphatic rings. The van der Waals surface area contributed by atoms with Crippen molar-refractivity contribution in [2.75, 3.05) is 5.73 Å². The van der Waals surface area contributed by atoms with Gasteiger partial charge in [0.05, 0.1) is 16.2 Å². The van der Waals surface area contributed by atoms with Crippen LogP contribution in [0.3, 0.4) is 0 Å². The Morgan fingerprint density at radius 3 is 2.49 bits per heavy atom. The minimum absolute atomic E-state index is 0.358. The van der Waals surface area contributed by atoms with E-state index in [1.165, 1.54) is 25.6 Å². The smallest absolute Gasteiger partial charge is 0.402 e. The number of carboxylic acid groups (broad SMARTS) is 1. The van der Waals surface area contributed by atoms with E-state index < -0.39 is 6.09 Å². The fourth-order valence-corrected chi connectivity index (χ4v) is 5.15. The number of hydrogen-bond donors (Lipinski definition) is 3. The Labute approximate surface area is 218 Å². The third-order valence-electron chi connectivity index (χ3n) is 6.56. The molecular formula is C27H26ClN7O2. The SMILES string of the molecule is NC(=O)O.Nc1ncnn2c(C3CCCCC3)nc(-c3cc4nc(-c5ccccc5)ccc4cc3Cl)c12. The molecule has 2 aromatic carbocycles. The molecule has 1 saturated carbocycles. The quantitative estimate of drug-likeness (QED) is 0.270. The Balaban J connectivity index is 0.000000655. The molecule has 10 heteroatoms. The van der Waals surface area contributed by atoms with Gasteiger partial charge in [0.1, 0.15) is 23.4 Å². The molecule has 188 valence electrons. The maximum absolute atomic E-state index is 8.78. The van der Waals surface area contributed by atoms with Crippen LogP contribution in [0.2, 0.25) is 5.02 Å². The minimum Gasteiger partial charge on any atom is -0.465 e. The zero-order chi connectivity index (χ0) is 25.9. The first-order valence-electron chi connectivity index (χ1n) is 12.1. The summed E-state index contributed by atoms with van der Waals surface area (Å²) in [7, 11) is 0. The maximum Gasteiger partial charge on any atom is 0.402 e. The maximum atomic E-state index is 8.78. The van der Waals surface area contributed by atoms with Crippen LogP contribution in [0.15, 0.2) is 60.9 Å². The molecule has 0 aliphatic heterocycles. The van der Waals surface area contributed by atoms with E-state index in [9.17, 15) is 0 Å². The normalized spacial score (nSPS) is 13.9. The van der Waals surface area contributed by atoms with Gasteiger partial charge in [-0.15, -0.1) is 0 Å². The fraction of sp³-hybridized carbons (Fsp3) is 0.222. The Bertz CT molecular complexity index is 1580. The lowest BCUT2D eigenvalue weighted by Crippen LogP contribution is -2.10. The lowest BCUT2D eigenvalue weighted by molar-refractivity contribution is 0.205. The Morgan fingerprint density at radius 2 is 1.76 bits per heavy atom. The molecule has 1 fully saturated rings. The number of nitrogens with two attached hydrogens (primary N) is 2. The van der Waals surface area contributed by atoms with Crippen LogP contribution in [0.4, 0.5) is 10.6 Å². The van der Waals surface area contributed by atoms with E-state index in [0.717, 1.165) is 46.4 Å². The predicted octanol–water partition coefficient (Wildman–Crippen LogP) is 5.91. The second-order valence-electron chi connectivity index (χ2n) is 8.98. The summed E-state index contributed by atoms with van der Waals surface area (Å²) < 4.78 is 1.86. The van der Waals surface area contributed by atoms with Crippen LogP contribution in [-0.4, -0.2) is 35.8 Å². The molecule has 9 nitrogen and oxygen atoms in total. The van der Waals surface area contributed by atoms with E-state index in [0.29, 0.717) is 28.0 Å². The molecule has 0 spiro atoms. The van der Waals surface area contributed by atoms with Crippen molar-refractivity contribution in [1.29, 1.82) is 0 Å². The molecule has 3 heterocycles. The second kappa shape index (κ2) is 10.4. The number of nitrogen functional groups attached to an aromatic ring is 1. The van der Waals surface area contributed by atoms with Crippen molar-refractivity contribution in [3.05, 3.63) is 71.8 Å². The summed E-state index contributed by atoms with van der Waals surface area (Å²) in [4.78, 5) is 23.0. The predicted molar refractivity (Wildman–Crippen MR) is 144 cm³/mol. The fourth-order valence-electron chi connectivity index (χ4n) is 4.88. The number of carbonyl (C=O) groups is 1. The van der Waals surface area contributed by atoms with Crippen molar-refractivity contribution in [1.82, 2.24) is 24.6 Å². The number of nitrogens with zero attached hydrogens (tertiary/aromatic N) is 5. The molecule has 6 rings (SSSR count). The Kier molecular flexibility index (Phi) is 6.87. The van der Waals surface area contributed by atoms with Crippen LogP contribution in [-0.2, 0) is 0 Å². The van der Waals surface area contributed by atoms with Gasteiger partial charge in [-0.2, -0.15) is 5.10 Å². The molecule has 1 aliphatic carbocycles. The van der Waals surface area contributed by atoms with Crippen molar-refractivity contribution >= 4 is 39.9 Å². The van der Waals surface area contributed by atoms with Crippen LogP contribution < -0.4 is 11.5 Å². The van der Waals surface area contributed by atoms with Crippen LogP contribution in [0.1, 0.15) is 43.8 Å². The monoisotopic (exact) mass is 515 g/mol. The molecule has 37 heavy (non-hydrogen) atoms. The van der Waals surface area contributed by atoms with Crippen molar-refractivity contribution in [3.8, 4) is 22.5 Å². The summed E-state index contributed by atoms with van der Waals surface area (Å²) in [6, 6.07) is 18.2. The van der Waals surface area contributed by atoms with E-state index in [1.54, 1.807) is 0 Å². The molecule has 5 N–H and O–H groups in total. The first-order valence-corrected chi connectivity index (χ1v) is 12.4. The number of benzene rings is 2. The lowest BCUT2D eigenvalue weighted by atomic mass is 9.89. The minimum atomic E-state index is -1.33. The largest absolute Gasteiger partial charge is 0.465 e. The molecule has 0 bridgehead atoms. The molecule has 0 saturated heterocycles. The second-order valence-corrected chi connectivity index (χ2v) is 9.39. The van der Waals surface area contributed by atoms with E-state index in [4.69, 9.17) is 37.2 Å². The summed E-state index contributed by atoms with van der Waals surface area (Å²) in [5, 5.41) is 13.3. The van der Waals surface area contributed by atoms with E-state index in [1.807, 2.05) is 40.9 Å². The van der Waals surface area contributed by atoms with Gasteiger partial charge < -0.3 is 16.6 Å². The summed E-state index contributed by atoms with van der Waals surface area (Å²) in [5.74, 6) is 1.70. The molecule has 0 radical (unpaired) electrons. The Hall–Kier alpha value is -4.24. The van der Waals surface area contributed by atoms with Crippen molar-refractivity contribution in [2.45, 2.75) is 38.0 Å². The van der Waals surface area contributed by atoms with Crippen molar-refractivity contribution in [2.24, 2.45) is 5.73 Å². The number of primary amides is 1. The number of amides is 1. The highest BCUT2D eigenvalue weighted by Gasteiger charge is 2.26. The molecule has 0 unspecified atom stereocenters. The van der Waals surface area contributed by atoms with E-state index in [2.05, 4.69) is 34.0 Å². The van der Waals surface area contributed by atoms with Gasteiger partial charge in [0.15, 0.2) is 5.82 Å². The van der Waals surface area contributed by atoms with Gasteiger partial charge >= 0.3 is 6.09 Å². The van der Waals surface area contributed by atoms with E-state index >= 15 is 0 Å². The van der Waals surface area contributed by atoms with Crippen LogP contribution in [0.5, 0.6) is 0 Å². The number of imidazole rings is 1. The standard InChI is InChI=1S/C26H23ClN6.CH3NO2/c27-20-13-18-11-12-21(16-7-3-1-4-8-16)31-22(18)14-19(20)23-24-25(28)29-15-30-33(24)26(32-23)17-9-5-2-6-10-17;2-1(3)4/h1,3-4,7-8,11-15,17H,2,5-6,9-10H2,(H2,28,29,30);2H2,(H,3,4). The zero-order valence-corrected chi connectivity index (χ0v) is 20.8. The zero-order valence-electron chi connectivity index (χ0n) is 20.0. The third-order valence-corrected chi connectivity index (χ3v) is 6.87. The van der Waals surface area contributed by atoms with Crippen LogP contribution in [0.25, 0.3) is 38.9 Å². The van der Waals surface area contributed by atoms with Gasteiger partial charge in [-0.3, -0.25) is 0 Å². The third kappa shape index (κ3) is 5.03. The lowest BCUT2D eigenvalue weighted by Gasteiger charge is -2.19. The summed E-state index contributed by atoms with van der Waals surface area (Å²) in [6.07, 6.45) is 6.06. The molecule has 3 aromatic heterocycles. The first-order chi connectivity index (χ1) is 17.9. The molecule has 5 aromatic rings. The number of rotatable bonds is 3. The van der Waals surface area contributed by atoms with Crippen molar-refractivity contribution < 1.29 is 9.90 Å². The average molecular weight is 516 g/mol. The van der Waals surface area contributed by atoms with Crippen LogP contribution >= 0.6 is 11.6 Å². The highest BCUT2D eigenvalue weighted by atomic mass is 35.5. The van der Waals surface area contributed by atoms with Gasteiger partial charge in [-0.05, 0) is 31.0 Å². The van der Waals surface area contributed by atoms with Gasteiger partial charge in [0.2, 0.25) is 0 Å². The van der Waals surface area contributed by atoms with E-state index in [-0.39, 0.29) is 0 Å². The number of pyridine rings is 1. The number of aromatic nitrogens is 5. The summed E-state index contributed by atoms with van der Waals surface area (Å²) in [5.41, 5.74) is 15.4. The summed E-state index contributed by atoms with van der Waals surface area (Å²) in [6.45, 7) is 0. The average Bonchev–Trinajstić information content (AvgIpc) is 3.29. The molecular weight excluding hydrogens is 490 g/mol. The van der Waals surface area contributed by atoms with Crippen molar-refractivity contribution in [3.63, 3.8) is 0 Å². The number of hydrogen-bond acceptors (Lipinski definition) is 6. The first kappa shape index (κ1) is 24.5. The Morgan fingerprint density at radius 1 is 1.03 bits per heavy atom. The topological polar surface area (TPSA) is 145 Å². The highest BCUT2D eigenvalue weighted by Crippen LogP contribution is 2.39. The number of fused-ring (bicyclic) bond motifs is 2. The van der Waals surface area contributed by atoms with Gasteiger partial charge in [-0.1, -0.05) is 67.3 Å². The van der Waals surface area contributed by atoms with Crippen LogP contribution in [0, 0.1) is 0 Å². The van der Waals surface area contributed by atoms with Gasteiger partial charge in [-0.25, -0.2) is 24.3 Å².